The summed E-state index contributed by atoms with van der Waals surface area (Å²) in [7, 11) is 1.78. The maximum atomic E-state index is 12.1. The molecule has 0 aliphatic carbocycles. The van der Waals surface area contributed by atoms with E-state index in [1.165, 1.54) is 0 Å². The summed E-state index contributed by atoms with van der Waals surface area (Å²) < 4.78 is 0. The van der Waals surface area contributed by atoms with E-state index < -0.39 is 6.04 Å². The first-order valence-electron chi connectivity index (χ1n) is 5.63. The highest BCUT2D eigenvalue weighted by Gasteiger charge is 2.29. The molecule has 1 unspecified atom stereocenters. The molecule has 0 aliphatic rings. The van der Waals surface area contributed by atoms with Crippen LogP contribution >= 0.6 is 11.3 Å². The van der Waals surface area contributed by atoms with Gasteiger partial charge >= 0.3 is 0 Å². The standard InChI is InChI=1S/C12H21N3OS/c1-8-9(17-7-14-8)6-15(5)11(16)10(13)12(2,3)4/h7,10H,6,13H2,1-5H3. The van der Waals surface area contributed by atoms with Crippen LogP contribution in [-0.4, -0.2) is 28.9 Å². The number of thiazole rings is 1. The Kier molecular flexibility index (Phi) is 4.27. The van der Waals surface area contributed by atoms with Gasteiger partial charge in [0.05, 0.1) is 23.8 Å². The zero-order chi connectivity index (χ0) is 13.2. The molecule has 2 N–H and O–H groups in total. The van der Waals surface area contributed by atoms with E-state index in [0.717, 1.165) is 10.6 Å². The minimum Gasteiger partial charge on any atom is -0.339 e. The number of amides is 1. The lowest BCUT2D eigenvalue weighted by molar-refractivity contribution is -0.134. The van der Waals surface area contributed by atoms with Crippen LogP contribution in [0.4, 0.5) is 0 Å². The summed E-state index contributed by atoms with van der Waals surface area (Å²) in [4.78, 5) is 19.1. The lowest BCUT2D eigenvalue weighted by atomic mass is 9.86. The van der Waals surface area contributed by atoms with E-state index in [2.05, 4.69) is 4.98 Å². The zero-order valence-corrected chi connectivity index (χ0v) is 12.0. The summed E-state index contributed by atoms with van der Waals surface area (Å²) in [5.74, 6) is -0.0229. The molecule has 0 spiro atoms. The Morgan fingerprint density at radius 3 is 2.59 bits per heavy atom. The third kappa shape index (κ3) is 3.51. The molecule has 17 heavy (non-hydrogen) atoms. The van der Waals surface area contributed by atoms with Crippen molar-refractivity contribution < 1.29 is 4.79 Å². The van der Waals surface area contributed by atoms with Crippen LogP contribution in [0.1, 0.15) is 31.3 Å². The van der Waals surface area contributed by atoms with Gasteiger partial charge in [0.2, 0.25) is 5.91 Å². The number of likely N-dealkylation sites (N-methyl/N-ethyl adjacent to an activating group) is 1. The monoisotopic (exact) mass is 255 g/mol. The average Bonchev–Trinajstić information content (AvgIpc) is 2.61. The normalized spacial score (nSPS) is 13.5. The summed E-state index contributed by atoms with van der Waals surface area (Å²) in [6.07, 6.45) is 0. The summed E-state index contributed by atoms with van der Waals surface area (Å²) in [6, 6.07) is -0.472. The van der Waals surface area contributed by atoms with E-state index >= 15 is 0 Å². The van der Waals surface area contributed by atoms with E-state index in [1.54, 1.807) is 28.8 Å². The fourth-order valence-corrected chi connectivity index (χ4v) is 2.21. The summed E-state index contributed by atoms with van der Waals surface area (Å²) in [5.41, 5.74) is 8.53. The molecule has 0 aromatic carbocycles. The van der Waals surface area contributed by atoms with Gasteiger partial charge in [0.15, 0.2) is 0 Å². The number of rotatable bonds is 3. The Balaban J connectivity index is 2.68. The smallest absolute Gasteiger partial charge is 0.240 e. The van der Waals surface area contributed by atoms with Crippen molar-refractivity contribution in [1.82, 2.24) is 9.88 Å². The van der Waals surface area contributed by atoms with Crippen molar-refractivity contribution in [1.29, 1.82) is 0 Å². The highest BCUT2D eigenvalue weighted by atomic mass is 32.1. The minimum absolute atomic E-state index is 0.0229. The Hall–Kier alpha value is -0.940. The Labute approximate surface area is 107 Å². The summed E-state index contributed by atoms with van der Waals surface area (Å²) >= 11 is 1.57. The van der Waals surface area contributed by atoms with Crippen LogP contribution in [0.25, 0.3) is 0 Å². The lowest BCUT2D eigenvalue weighted by Gasteiger charge is -2.29. The van der Waals surface area contributed by atoms with Crippen molar-refractivity contribution in [3.05, 3.63) is 16.1 Å². The van der Waals surface area contributed by atoms with Crippen molar-refractivity contribution in [2.24, 2.45) is 11.1 Å². The molecule has 96 valence electrons. The molecule has 0 fully saturated rings. The second kappa shape index (κ2) is 5.14. The second-order valence-corrected chi connectivity index (χ2v) is 6.34. The van der Waals surface area contributed by atoms with Gasteiger partial charge in [0.25, 0.3) is 0 Å². The third-order valence-corrected chi connectivity index (χ3v) is 3.72. The van der Waals surface area contributed by atoms with Gasteiger partial charge in [-0.2, -0.15) is 0 Å². The number of aromatic nitrogens is 1. The van der Waals surface area contributed by atoms with Gasteiger partial charge in [-0.25, -0.2) is 4.98 Å². The molecule has 5 heteroatoms. The number of hydrogen-bond donors (Lipinski definition) is 1. The molecule has 1 amide bonds. The highest BCUT2D eigenvalue weighted by Crippen LogP contribution is 2.20. The fourth-order valence-electron chi connectivity index (χ4n) is 1.38. The van der Waals surface area contributed by atoms with E-state index in [0.29, 0.717) is 6.54 Å². The van der Waals surface area contributed by atoms with Crippen LogP contribution in [-0.2, 0) is 11.3 Å². The lowest BCUT2D eigenvalue weighted by Crippen LogP contribution is -2.48. The van der Waals surface area contributed by atoms with Crippen LogP contribution in [0, 0.1) is 12.3 Å². The van der Waals surface area contributed by atoms with Crippen molar-refractivity contribution in [2.45, 2.75) is 40.3 Å². The molecule has 0 radical (unpaired) electrons. The predicted molar refractivity (Wildman–Crippen MR) is 70.8 cm³/mol. The maximum Gasteiger partial charge on any atom is 0.240 e. The highest BCUT2D eigenvalue weighted by molar-refractivity contribution is 7.09. The van der Waals surface area contributed by atoms with E-state index in [4.69, 9.17) is 5.73 Å². The number of carbonyl (C=O) groups is 1. The number of nitrogens with zero attached hydrogens (tertiary/aromatic N) is 2. The fraction of sp³-hybridized carbons (Fsp3) is 0.667. The van der Waals surface area contributed by atoms with Gasteiger partial charge in [-0.15, -0.1) is 11.3 Å². The first kappa shape index (κ1) is 14.1. The van der Waals surface area contributed by atoms with Crippen LogP contribution in [0.3, 0.4) is 0 Å². The Bertz CT molecular complexity index is 395. The average molecular weight is 255 g/mol. The van der Waals surface area contributed by atoms with Gasteiger partial charge < -0.3 is 10.6 Å². The minimum atomic E-state index is -0.472. The summed E-state index contributed by atoms with van der Waals surface area (Å²) in [5, 5.41) is 0. The maximum absolute atomic E-state index is 12.1. The largest absolute Gasteiger partial charge is 0.339 e. The molecule has 4 nitrogen and oxygen atoms in total. The SMILES string of the molecule is Cc1ncsc1CN(C)C(=O)C(N)C(C)(C)C. The first-order chi connectivity index (χ1) is 7.73. The molecule has 0 saturated carbocycles. The molecular formula is C12H21N3OS. The molecule has 1 atom stereocenters. The molecule has 1 aromatic rings. The van der Waals surface area contributed by atoms with E-state index in [1.807, 2.05) is 27.7 Å². The van der Waals surface area contributed by atoms with Crippen molar-refractivity contribution in [3.63, 3.8) is 0 Å². The quantitative estimate of drug-likeness (QED) is 0.895. The Morgan fingerprint density at radius 1 is 1.59 bits per heavy atom. The molecule has 1 aromatic heterocycles. The number of aryl methyl sites for hydroxylation is 1. The van der Waals surface area contributed by atoms with Gasteiger partial charge in [0.1, 0.15) is 0 Å². The van der Waals surface area contributed by atoms with Gasteiger partial charge in [-0.05, 0) is 12.3 Å². The van der Waals surface area contributed by atoms with Crippen LogP contribution < -0.4 is 5.73 Å². The predicted octanol–water partition coefficient (Wildman–Crippen LogP) is 1.78. The van der Waals surface area contributed by atoms with E-state index in [9.17, 15) is 4.79 Å². The molecule has 0 saturated heterocycles. The van der Waals surface area contributed by atoms with Crippen LogP contribution in [0.5, 0.6) is 0 Å². The summed E-state index contributed by atoms with van der Waals surface area (Å²) in [6.45, 7) is 8.46. The molecule has 1 heterocycles. The molecular weight excluding hydrogens is 234 g/mol. The molecule has 1 rings (SSSR count). The van der Waals surface area contributed by atoms with Gasteiger partial charge in [0, 0.05) is 11.9 Å². The number of carbonyl (C=O) groups excluding carboxylic acids is 1. The Morgan fingerprint density at radius 2 is 2.18 bits per heavy atom. The zero-order valence-electron chi connectivity index (χ0n) is 11.2. The van der Waals surface area contributed by atoms with Crippen molar-refractivity contribution in [3.8, 4) is 0 Å². The second-order valence-electron chi connectivity index (χ2n) is 5.40. The topological polar surface area (TPSA) is 59.2 Å². The molecule has 0 aliphatic heterocycles. The van der Waals surface area contributed by atoms with Crippen LogP contribution in [0.15, 0.2) is 5.51 Å². The number of nitrogens with two attached hydrogens (primary N) is 1. The van der Waals surface area contributed by atoms with Crippen LogP contribution in [0.2, 0.25) is 0 Å². The van der Waals surface area contributed by atoms with Crippen molar-refractivity contribution >= 4 is 17.2 Å². The van der Waals surface area contributed by atoms with Gasteiger partial charge in [-0.1, -0.05) is 20.8 Å². The number of hydrogen-bond acceptors (Lipinski definition) is 4. The van der Waals surface area contributed by atoms with Gasteiger partial charge in [-0.3, -0.25) is 4.79 Å². The van der Waals surface area contributed by atoms with Crippen molar-refractivity contribution in [2.75, 3.05) is 7.05 Å². The third-order valence-electron chi connectivity index (χ3n) is 2.80. The first-order valence-corrected chi connectivity index (χ1v) is 6.51. The van der Waals surface area contributed by atoms with E-state index in [-0.39, 0.29) is 11.3 Å². The molecule has 0 bridgehead atoms.